The van der Waals surface area contributed by atoms with Crippen molar-refractivity contribution < 1.29 is 17.9 Å². The van der Waals surface area contributed by atoms with E-state index in [1.807, 2.05) is 13.8 Å². The largest absolute Gasteiger partial charge is 0.493 e. The summed E-state index contributed by atoms with van der Waals surface area (Å²) < 4.78 is 34.9. The van der Waals surface area contributed by atoms with Crippen molar-refractivity contribution in [3.8, 4) is 5.75 Å². The summed E-state index contributed by atoms with van der Waals surface area (Å²) >= 11 is 0. The van der Waals surface area contributed by atoms with E-state index >= 15 is 0 Å². The van der Waals surface area contributed by atoms with E-state index in [4.69, 9.17) is 10.5 Å². The van der Waals surface area contributed by atoms with Gasteiger partial charge in [0.15, 0.2) is 5.84 Å². The molecule has 39 heavy (non-hydrogen) atoms. The number of piperidine rings is 2. The van der Waals surface area contributed by atoms with E-state index in [2.05, 4.69) is 21.9 Å². The molecular weight excluding hydrogens is 516 g/mol. The number of rotatable bonds is 9. The lowest BCUT2D eigenvalue weighted by Gasteiger charge is -2.39. The van der Waals surface area contributed by atoms with E-state index in [-0.39, 0.29) is 16.4 Å². The molecule has 1 amide bonds. The van der Waals surface area contributed by atoms with Gasteiger partial charge in [-0.2, -0.15) is 4.31 Å². The molecule has 0 radical (unpaired) electrons. The number of amidine groups is 1. The highest BCUT2D eigenvalue weighted by molar-refractivity contribution is 7.89. The smallest absolute Gasteiger partial charge is 0.277 e. The number of carbonyl (C=O) groups excluding carboxylic acids is 1. The van der Waals surface area contributed by atoms with Crippen LogP contribution in [0.3, 0.4) is 0 Å². The van der Waals surface area contributed by atoms with Crippen LogP contribution in [-0.4, -0.2) is 73.2 Å². The van der Waals surface area contributed by atoms with Crippen molar-refractivity contribution >= 4 is 21.8 Å². The summed E-state index contributed by atoms with van der Waals surface area (Å²) in [5.41, 5.74) is 7.53. The number of nitrogens with two attached hydrogens (primary N) is 1. The van der Waals surface area contributed by atoms with Crippen molar-refractivity contribution in [3.05, 3.63) is 47.4 Å². The molecule has 4 rings (SSSR count). The molecule has 0 bridgehead atoms. The van der Waals surface area contributed by atoms with Crippen LogP contribution in [0.1, 0.15) is 71.3 Å². The number of hydrogen-bond acceptors (Lipinski definition) is 8. The van der Waals surface area contributed by atoms with E-state index in [0.717, 1.165) is 32.4 Å². The van der Waals surface area contributed by atoms with Crippen LogP contribution in [0.15, 0.2) is 51.9 Å². The van der Waals surface area contributed by atoms with Crippen molar-refractivity contribution in [3.63, 3.8) is 0 Å². The van der Waals surface area contributed by atoms with Gasteiger partial charge in [-0.3, -0.25) is 4.79 Å². The van der Waals surface area contributed by atoms with Gasteiger partial charge in [0.25, 0.3) is 5.91 Å². The first kappa shape index (κ1) is 29.1. The maximum Gasteiger partial charge on any atom is 0.277 e. The number of amides is 1. The molecule has 1 aromatic rings. The van der Waals surface area contributed by atoms with Gasteiger partial charge in [0, 0.05) is 30.5 Å². The summed E-state index contributed by atoms with van der Waals surface area (Å²) in [5.74, 6) is 0.177. The zero-order chi connectivity index (χ0) is 28.2. The van der Waals surface area contributed by atoms with E-state index in [1.54, 1.807) is 29.4 Å². The van der Waals surface area contributed by atoms with Gasteiger partial charge in [-0.15, -0.1) is 5.10 Å². The number of nitrogens with one attached hydrogen (secondary N) is 1. The molecule has 10 nitrogen and oxygen atoms in total. The Labute approximate surface area is 232 Å². The molecule has 3 aliphatic rings. The first-order chi connectivity index (χ1) is 18.7. The predicted octanol–water partition coefficient (Wildman–Crippen LogP) is 3.32. The Morgan fingerprint density at radius 1 is 1.15 bits per heavy atom. The fourth-order valence-corrected chi connectivity index (χ4v) is 7.04. The van der Waals surface area contributed by atoms with E-state index < -0.39 is 15.9 Å². The van der Waals surface area contributed by atoms with Crippen LogP contribution in [0.25, 0.3) is 0 Å². The molecule has 0 spiro atoms. The Bertz CT molecular complexity index is 1240. The van der Waals surface area contributed by atoms with E-state index in [0.29, 0.717) is 54.9 Å². The van der Waals surface area contributed by atoms with Gasteiger partial charge in [0.2, 0.25) is 10.0 Å². The van der Waals surface area contributed by atoms with Crippen LogP contribution in [0, 0.1) is 0 Å². The lowest BCUT2D eigenvalue weighted by Crippen LogP contribution is -2.48. The van der Waals surface area contributed by atoms with Crippen LogP contribution in [-0.2, 0) is 14.8 Å². The highest BCUT2D eigenvalue weighted by Gasteiger charge is 2.34. The number of likely N-dealkylation sites (tertiary alicyclic amines) is 1. The van der Waals surface area contributed by atoms with Crippen LogP contribution < -0.4 is 15.8 Å². The number of allylic oxidation sites excluding steroid dienone is 2. The maximum atomic E-state index is 13.7. The van der Waals surface area contributed by atoms with Crippen molar-refractivity contribution in [1.29, 1.82) is 0 Å². The van der Waals surface area contributed by atoms with Gasteiger partial charge in [0.05, 0.1) is 17.1 Å². The first-order valence-electron chi connectivity index (χ1n) is 14.0. The Kier molecular flexibility index (Phi) is 9.35. The SMILES string of the molecule is C=C(CCC)N1N=C(c2cc(S(=O)(=O)N3CCC(N4CCCCC4)CC3)ccc2OCC)NC(=O)/C1=C(\C)N. The fourth-order valence-electron chi connectivity index (χ4n) is 5.54. The molecular formula is C28H42N6O4S. The molecule has 0 aromatic heterocycles. The lowest BCUT2D eigenvalue weighted by atomic mass is 10.0. The van der Waals surface area contributed by atoms with Crippen molar-refractivity contribution in [2.24, 2.45) is 10.8 Å². The first-order valence-corrected chi connectivity index (χ1v) is 15.5. The zero-order valence-corrected chi connectivity index (χ0v) is 24.2. The van der Waals surface area contributed by atoms with Crippen LogP contribution in [0.2, 0.25) is 0 Å². The second-order valence-corrected chi connectivity index (χ2v) is 12.3. The average molecular weight is 559 g/mol. The standard InChI is InChI=1S/C28H42N6O4S/c1-5-10-20(3)34-26(21(4)29)28(35)30-27(31-34)24-19-23(11-12-25(24)38-6-2)39(36,37)33-17-13-22(14-18-33)32-15-8-7-9-16-32/h11-12,19,22H,3,5-10,13-18,29H2,1-2,4H3,(H,30,31,35)/b26-21-. The molecule has 3 heterocycles. The Morgan fingerprint density at radius 2 is 1.85 bits per heavy atom. The van der Waals surface area contributed by atoms with E-state index in [9.17, 15) is 13.2 Å². The Hall–Kier alpha value is -2.89. The van der Waals surface area contributed by atoms with E-state index in [1.165, 1.54) is 24.3 Å². The third-order valence-electron chi connectivity index (χ3n) is 7.54. The highest BCUT2D eigenvalue weighted by atomic mass is 32.2. The third-order valence-corrected chi connectivity index (χ3v) is 9.44. The topological polar surface area (TPSA) is 121 Å². The second-order valence-electron chi connectivity index (χ2n) is 10.4. The molecule has 0 saturated carbocycles. The number of hydrogen-bond donors (Lipinski definition) is 2. The van der Waals surface area contributed by atoms with Crippen LogP contribution in [0.4, 0.5) is 0 Å². The van der Waals surface area contributed by atoms with Gasteiger partial charge in [-0.05, 0) is 77.2 Å². The fraction of sp³-hybridized carbons (Fsp3) is 0.571. The molecule has 3 N–H and O–H groups in total. The Morgan fingerprint density at radius 3 is 2.46 bits per heavy atom. The van der Waals surface area contributed by atoms with Crippen LogP contribution >= 0.6 is 0 Å². The molecule has 214 valence electrons. The zero-order valence-electron chi connectivity index (χ0n) is 23.4. The molecule has 3 aliphatic heterocycles. The Balaban J connectivity index is 1.65. The molecule has 2 fully saturated rings. The van der Waals surface area contributed by atoms with Crippen LogP contribution in [0.5, 0.6) is 5.75 Å². The minimum absolute atomic E-state index is 0.143. The van der Waals surface area contributed by atoms with Gasteiger partial charge in [-0.1, -0.05) is 26.3 Å². The van der Waals surface area contributed by atoms with Gasteiger partial charge in [0.1, 0.15) is 11.4 Å². The molecule has 1 aromatic carbocycles. The summed E-state index contributed by atoms with van der Waals surface area (Å²) in [7, 11) is -3.75. The maximum absolute atomic E-state index is 13.7. The summed E-state index contributed by atoms with van der Waals surface area (Å²) in [6.07, 6.45) is 6.80. The molecule has 11 heteroatoms. The molecule has 0 aliphatic carbocycles. The van der Waals surface area contributed by atoms with Crippen molar-refractivity contribution in [1.82, 2.24) is 19.5 Å². The average Bonchev–Trinajstić information content (AvgIpc) is 2.93. The normalized spacial score (nSPS) is 21.4. The third kappa shape index (κ3) is 6.31. The number of carbonyl (C=O) groups is 1. The highest BCUT2D eigenvalue weighted by Crippen LogP contribution is 2.30. The van der Waals surface area contributed by atoms with Crippen molar-refractivity contribution in [2.45, 2.75) is 76.7 Å². The number of ether oxygens (including phenoxy) is 1. The molecule has 0 atom stereocenters. The summed E-state index contributed by atoms with van der Waals surface area (Å²) in [6, 6.07) is 5.18. The number of benzene rings is 1. The van der Waals surface area contributed by atoms with Gasteiger partial charge < -0.3 is 20.7 Å². The minimum Gasteiger partial charge on any atom is -0.493 e. The summed E-state index contributed by atoms with van der Waals surface area (Å²) in [5, 5.41) is 8.89. The molecule has 2 saturated heterocycles. The quantitative estimate of drug-likeness (QED) is 0.446. The monoisotopic (exact) mass is 558 g/mol. The number of nitrogens with zero attached hydrogens (tertiary/aromatic N) is 4. The molecule has 0 unspecified atom stereocenters. The summed E-state index contributed by atoms with van der Waals surface area (Å²) in [6.45, 7) is 13.1. The second kappa shape index (κ2) is 12.5. The van der Waals surface area contributed by atoms with Crippen molar-refractivity contribution in [2.75, 3.05) is 32.8 Å². The summed E-state index contributed by atoms with van der Waals surface area (Å²) in [4.78, 5) is 15.8. The number of sulfonamides is 1. The minimum atomic E-state index is -3.75. The lowest BCUT2D eigenvalue weighted by molar-refractivity contribution is -0.118. The van der Waals surface area contributed by atoms with Gasteiger partial charge >= 0.3 is 0 Å². The number of hydrazone groups is 1. The predicted molar refractivity (Wildman–Crippen MR) is 152 cm³/mol. The van der Waals surface area contributed by atoms with Gasteiger partial charge in [-0.25, -0.2) is 13.4 Å².